The van der Waals surface area contributed by atoms with E-state index in [4.69, 9.17) is 26.8 Å². The summed E-state index contributed by atoms with van der Waals surface area (Å²) in [4.78, 5) is 25.7. The first-order valence-corrected chi connectivity index (χ1v) is 8.95. The molecule has 0 aromatic heterocycles. The van der Waals surface area contributed by atoms with Gasteiger partial charge in [0.2, 0.25) is 0 Å². The molecule has 0 spiro atoms. The lowest BCUT2D eigenvalue weighted by Crippen LogP contribution is -2.31. The molecule has 2 N–H and O–H groups in total. The Bertz CT molecular complexity index is 796. The van der Waals surface area contributed by atoms with Crippen molar-refractivity contribution in [3.8, 4) is 11.5 Å². The van der Waals surface area contributed by atoms with Gasteiger partial charge in [0.15, 0.2) is 18.1 Å². The molecule has 7 heteroatoms. The van der Waals surface area contributed by atoms with E-state index in [0.717, 1.165) is 12.0 Å². The number of nitrogens with two attached hydrogens (primary N) is 1. The Kier molecular flexibility index (Phi) is 7.49. The van der Waals surface area contributed by atoms with Crippen LogP contribution in [0.5, 0.6) is 11.5 Å². The van der Waals surface area contributed by atoms with Gasteiger partial charge in [0.25, 0.3) is 11.8 Å². The lowest BCUT2D eigenvalue weighted by Gasteiger charge is -2.23. The number of nitrogens with zero attached hydrogens (tertiary/aromatic N) is 1. The maximum atomic E-state index is 13.0. The summed E-state index contributed by atoms with van der Waals surface area (Å²) >= 11 is 6.25. The Hall–Kier alpha value is -2.73. The molecule has 0 fully saturated rings. The highest BCUT2D eigenvalue weighted by molar-refractivity contribution is 6.32. The lowest BCUT2D eigenvalue weighted by atomic mass is 10.1. The van der Waals surface area contributed by atoms with Crippen LogP contribution in [-0.4, -0.2) is 37.0 Å². The number of benzene rings is 2. The van der Waals surface area contributed by atoms with Crippen molar-refractivity contribution in [2.45, 2.75) is 19.9 Å². The normalized spacial score (nSPS) is 10.3. The van der Waals surface area contributed by atoms with Crippen molar-refractivity contribution in [1.82, 2.24) is 4.90 Å². The van der Waals surface area contributed by atoms with Crippen LogP contribution in [0.15, 0.2) is 42.5 Å². The van der Waals surface area contributed by atoms with E-state index in [0.29, 0.717) is 18.7 Å². The maximum absolute atomic E-state index is 13.0. The van der Waals surface area contributed by atoms with Crippen molar-refractivity contribution in [1.29, 1.82) is 0 Å². The minimum Gasteiger partial charge on any atom is -0.493 e. The Morgan fingerprint density at radius 1 is 1.19 bits per heavy atom. The number of primary amides is 1. The summed E-state index contributed by atoms with van der Waals surface area (Å²) in [6, 6.07) is 12.8. The van der Waals surface area contributed by atoms with Crippen LogP contribution in [0.25, 0.3) is 0 Å². The van der Waals surface area contributed by atoms with E-state index in [9.17, 15) is 9.59 Å². The van der Waals surface area contributed by atoms with E-state index in [1.54, 1.807) is 11.0 Å². The van der Waals surface area contributed by atoms with E-state index in [1.165, 1.54) is 13.2 Å². The van der Waals surface area contributed by atoms with E-state index >= 15 is 0 Å². The van der Waals surface area contributed by atoms with Gasteiger partial charge in [-0.15, -0.1) is 0 Å². The summed E-state index contributed by atoms with van der Waals surface area (Å²) < 4.78 is 10.6. The molecule has 0 radical (unpaired) electrons. The van der Waals surface area contributed by atoms with E-state index in [2.05, 4.69) is 0 Å². The van der Waals surface area contributed by atoms with Crippen LogP contribution >= 0.6 is 11.6 Å². The predicted molar refractivity (Wildman–Crippen MR) is 104 cm³/mol. The molecule has 0 aliphatic heterocycles. The fourth-order valence-electron chi connectivity index (χ4n) is 2.64. The smallest absolute Gasteiger partial charge is 0.255 e. The van der Waals surface area contributed by atoms with Gasteiger partial charge >= 0.3 is 0 Å². The molecule has 144 valence electrons. The van der Waals surface area contributed by atoms with Crippen LogP contribution in [0.2, 0.25) is 5.02 Å². The van der Waals surface area contributed by atoms with Gasteiger partial charge in [0.05, 0.1) is 12.1 Å². The number of amides is 2. The van der Waals surface area contributed by atoms with E-state index < -0.39 is 5.91 Å². The third kappa shape index (κ3) is 5.62. The van der Waals surface area contributed by atoms with Gasteiger partial charge in [-0.3, -0.25) is 9.59 Å². The number of rotatable bonds is 9. The van der Waals surface area contributed by atoms with Crippen molar-refractivity contribution < 1.29 is 19.1 Å². The second-order valence-corrected chi connectivity index (χ2v) is 6.36. The topological polar surface area (TPSA) is 81.9 Å². The van der Waals surface area contributed by atoms with Crippen molar-refractivity contribution in [2.75, 3.05) is 20.3 Å². The number of hydrogen-bond acceptors (Lipinski definition) is 4. The summed E-state index contributed by atoms with van der Waals surface area (Å²) in [7, 11) is 1.44. The van der Waals surface area contributed by atoms with E-state index in [1.807, 2.05) is 37.3 Å². The van der Waals surface area contributed by atoms with E-state index in [-0.39, 0.29) is 29.0 Å². The summed E-state index contributed by atoms with van der Waals surface area (Å²) in [6.45, 7) is 2.78. The molecule has 0 saturated carbocycles. The SMILES string of the molecule is CCCN(Cc1ccccc1)C(=O)c1cc(Cl)c(OCC(N)=O)c(OC)c1. The van der Waals surface area contributed by atoms with Crippen LogP contribution in [0.3, 0.4) is 0 Å². The average Bonchev–Trinajstić information content (AvgIpc) is 2.66. The number of halogens is 1. The van der Waals surface area contributed by atoms with Gasteiger partial charge in [-0.2, -0.15) is 0 Å². The second kappa shape index (κ2) is 9.83. The standard InChI is InChI=1S/C20H23ClN2O4/c1-3-9-23(12-14-7-5-4-6-8-14)20(25)15-10-16(21)19(17(11-15)26-2)27-13-18(22)24/h4-8,10-11H,3,9,12-13H2,1-2H3,(H2,22,24). The minimum atomic E-state index is -0.634. The van der Waals surface area contributed by atoms with Gasteiger partial charge < -0.3 is 20.1 Å². The molecule has 2 aromatic rings. The molecule has 6 nitrogen and oxygen atoms in total. The molecular formula is C20H23ClN2O4. The van der Waals surface area contributed by atoms with Crippen LogP contribution in [0.1, 0.15) is 29.3 Å². The molecule has 0 heterocycles. The number of carbonyl (C=O) groups is 2. The van der Waals surface area contributed by atoms with Gasteiger partial charge in [-0.25, -0.2) is 0 Å². The molecule has 0 saturated heterocycles. The molecule has 2 aromatic carbocycles. The first kappa shape index (κ1) is 20.6. The maximum Gasteiger partial charge on any atom is 0.255 e. The summed E-state index contributed by atoms with van der Waals surface area (Å²) in [5, 5.41) is 0.176. The molecule has 0 atom stereocenters. The van der Waals surface area contributed by atoms with Gasteiger partial charge in [-0.05, 0) is 24.1 Å². The first-order chi connectivity index (χ1) is 13.0. The fourth-order valence-corrected chi connectivity index (χ4v) is 2.90. The summed E-state index contributed by atoms with van der Waals surface area (Å²) in [6.07, 6.45) is 0.823. The quantitative estimate of drug-likeness (QED) is 0.712. The second-order valence-electron chi connectivity index (χ2n) is 5.96. The zero-order valence-electron chi connectivity index (χ0n) is 15.4. The highest BCUT2D eigenvalue weighted by atomic mass is 35.5. The van der Waals surface area contributed by atoms with Gasteiger partial charge in [0, 0.05) is 18.7 Å². The molecule has 0 aliphatic carbocycles. The number of methoxy groups -OCH3 is 1. The zero-order valence-corrected chi connectivity index (χ0v) is 16.2. The Labute approximate surface area is 163 Å². The molecule has 2 rings (SSSR count). The predicted octanol–water partition coefficient (Wildman–Crippen LogP) is 3.27. The monoisotopic (exact) mass is 390 g/mol. The molecule has 0 bridgehead atoms. The van der Waals surface area contributed by atoms with Crippen molar-refractivity contribution >= 4 is 23.4 Å². The third-order valence-corrected chi connectivity index (χ3v) is 4.11. The lowest BCUT2D eigenvalue weighted by molar-refractivity contribution is -0.119. The van der Waals surface area contributed by atoms with Crippen molar-refractivity contribution in [2.24, 2.45) is 5.73 Å². The average molecular weight is 391 g/mol. The molecule has 27 heavy (non-hydrogen) atoms. The highest BCUT2D eigenvalue weighted by Gasteiger charge is 2.20. The summed E-state index contributed by atoms with van der Waals surface area (Å²) in [5.41, 5.74) is 6.52. The van der Waals surface area contributed by atoms with Crippen molar-refractivity contribution in [3.63, 3.8) is 0 Å². The highest BCUT2D eigenvalue weighted by Crippen LogP contribution is 2.36. The van der Waals surface area contributed by atoms with Crippen LogP contribution < -0.4 is 15.2 Å². The minimum absolute atomic E-state index is 0.164. The van der Waals surface area contributed by atoms with Crippen LogP contribution in [0, 0.1) is 0 Å². The first-order valence-electron chi connectivity index (χ1n) is 8.58. The summed E-state index contributed by atoms with van der Waals surface area (Å²) in [5.74, 6) is -0.351. The van der Waals surface area contributed by atoms with Crippen LogP contribution in [-0.2, 0) is 11.3 Å². The fraction of sp³-hybridized carbons (Fsp3) is 0.300. The van der Waals surface area contributed by atoms with Crippen LogP contribution in [0.4, 0.5) is 0 Å². The Morgan fingerprint density at radius 2 is 1.89 bits per heavy atom. The number of hydrogen-bond donors (Lipinski definition) is 1. The largest absolute Gasteiger partial charge is 0.493 e. The van der Waals surface area contributed by atoms with Gasteiger partial charge in [0.1, 0.15) is 0 Å². The molecular weight excluding hydrogens is 368 g/mol. The Balaban J connectivity index is 2.29. The number of carbonyl (C=O) groups excluding carboxylic acids is 2. The molecule has 0 aliphatic rings. The Morgan fingerprint density at radius 3 is 2.48 bits per heavy atom. The number of ether oxygens (including phenoxy) is 2. The third-order valence-electron chi connectivity index (χ3n) is 3.83. The molecule has 2 amide bonds. The zero-order chi connectivity index (χ0) is 19.8. The van der Waals surface area contributed by atoms with Gasteiger partial charge in [-0.1, -0.05) is 48.9 Å². The van der Waals surface area contributed by atoms with Crippen molar-refractivity contribution in [3.05, 3.63) is 58.6 Å². The molecule has 0 unspecified atom stereocenters.